The van der Waals surface area contributed by atoms with Crippen LogP contribution in [0.25, 0.3) is 0 Å². The summed E-state index contributed by atoms with van der Waals surface area (Å²) in [6.07, 6.45) is 1.42. The number of aliphatic hydroxyl groups is 1. The molecule has 0 spiro atoms. The van der Waals surface area contributed by atoms with Crippen molar-refractivity contribution in [3.63, 3.8) is 0 Å². The number of quaternary nitrogens is 1. The smallest absolute Gasteiger partial charge is 0.349 e. The van der Waals surface area contributed by atoms with Gasteiger partial charge in [-0.05, 0) is 35.0 Å². The van der Waals surface area contributed by atoms with Gasteiger partial charge in [0.2, 0.25) is 5.60 Å². The molecular weight excluding hydrogens is 532 g/mol. The number of fused-ring (bicyclic) bond motifs is 3. The normalized spacial score (nSPS) is 24.3. The number of esters is 1. The molecule has 1 atom stereocenters. The number of thiophene rings is 2. The lowest BCUT2D eigenvalue weighted by atomic mass is 9.82. The van der Waals surface area contributed by atoms with Crippen molar-refractivity contribution in [3.8, 4) is 0 Å². The maximum absolute atomic E-state index is 13.7. The number of piperidine rings is 3. The molecule has 0 saturated carbocycles. The maximum atomic E-state index is 13.7. The quantitative estimate of drug-likeness (QED) is 0.372. The topological polar surface area (TPSA) is 46.5 Å². The van der Waals surface area contributed by atoms with E-state index in [0.29, 0.717) is 32.9 Å². The third-order valence-electron chi connectivity index (χ3n) is 6.79. The van der Waals surface area contributed by atoms with Gasteiger partial charge in [0.1, 0.15) is 24.7 Å². The molecule has 6 rings (SSSR count). The van der Waals surface area contributed by atoms with Gasteiger partial charge in [-0.1, -0.05) is 12.1 Å². The van der Waals surface area contributed by atoms with E-state index in [-0.39, 0.29) is 29.0 Å². The van der Waals surface area contributed by atoms with Crippen molar-refractivity contribution in [2.75, 3.05) is 19.6 Å². The van der Waals surface area contributed by atoms with Crippen LogP contribution in [-0.4, -0.2) is 41.3 Å². The fourth-order valence-corrected chi connectivity index (χ4v) is 6.89. The number of carbonyl (C=O) groups is 1. The summed E-state index contributed by atoms with van der Waals surface area (Å²) in [7, 11) is 0. The Kier molecular flexibility index (Phi) is 7.08. The summed E-state index contributed by atoms with van der Waals surface area (Å²) >= 11 is 2.64. The zero-order valence-corrected chi connectivity index (χ0v) is 21.0. The van der Waals surface area contributed by atoms with Crippen LogP contribution in [0.1, 0.15) is 28.2 Å². The van der Waals surface area contributed by atoms with E-state index in [4.69, 9.17) is 4.74 Å². The average molecular weight is 556 g/mol. The lowest BCUT2D eigenvalue weighted by Gasteiger charge is -2.52. The van der Waals surface area contributed by atoms with Crippen LogP contribution < -0.4 is 17.0 Å². The predicted molar refractivity (Wildman–Crippen MR) is 119 cm³/mol. The highest BCUT2D eigenvalue weighted by Crippen LogP contribution is 2.41. The largest absolute Gasteiger partial charge is 1.00 e. The lowest BCUT2D eigenvalue weighted by Crippen LogP contribution is -3.00. The molecule has 9 heteroatoms. The molecule has 3 saturated heterocycles. The summed E-state index contributed by atoms with van der Waals surface area (Å²) in [5.41, 5.74) is -1.22. The van der Waals surface area contributed by atoms with Gasteiger partial charge < -0.3 is 31.3 Å². The molecule has 3 aliphatic heterocycles. The summed E-state index contributed by atoms with van der Waals surface area (Å²) < 4.78 is 34.1. The van der Waals surface area contributed by atoms with Crippen LogP contribution in [0.2, 0.25) is 0 Å². The number of rotatable bonds is 6. The number of nitrogens with zero attached hydrogens (tertiary/aromatic N) is 1. The van der Waals surface area contributed by atoms with Crippen molar-refractivity contribution in [1.29, 1.82) is 0 Å². The number of hydrogen-bond donors (Lipinski definition) is 1. The van der Waals surface area contributed by atoms with Crippen LogP contribution in [0.3, 0.4) is 0 Å². The minimum absolute atomic E-state index is 0. The predicted octanol–water partition coefficient (Wildman–Crippen LogP) is 1.68. The second-order valence-corrected chi connectivity index (χ2v) is 10.7. The van der Waals surface area contributed by atoms with E-state index in [9.17, 15) is 18.7 Å². The van der Waals surface area contributed by atoms with Crippen LogP contribution in [-0.2, 0) is 21.7 Å². The number of benzene rings is 1. The van der Waals surface area contributed by atoms with Gasteiger partial charge in [-0.2, -0.15) is 0 Å². The van der Waals surface area contributed by atoms with E-state index in [2.05, 4.69) is 0 Å². The Morgan fingerprint density at radius 1 is 1.06 bits per heavy atom. The standard InChI is InChI=1S/C24H24F2NO3S2.BrH/c25-18-11-16(12-19(26)13-18)14-27-7-5-17(6-8-27)20(15-27)30-23(28)24(29,21-3-1-9-31-21)22-4-2-10-32-22;/h1-4,9-13,17,20,29H,5-8,14-15H2;1H/q+1;/p-1/t17?,20-,27?;/m0./s1. The second-order valence-electron chi connectivity index (χ2n) is 8.85. The monoisotopic (exact) mass is 555 g/mol. The molecule has 4 nitrogen and oxygen atoms in total. The maximum Gasteiger partial charge on any atom is 0.349 e. The third-order valence-corrected chi connectivity index (χ3v) is 8.75. The first kappa shape index (κ1) is 24.5. The van der Waals surface area contributed by atoms with Crippen molar-refractivity contribution >= 4 is 28.6 Å². The Hall–Kier alpha value is -1.65. The number of hydrogen-bond acceptors (Lipinski definition) is 5. The highest BCUT2D eigenvalue weighted by Gasteiger charge is 2.51. The first-order valence-corrected chi connectivity index (χ1v) is 12.5. The molecule has 1 N–H and O–H groups in total. The molecule has 0 unspecified atom stereocenters. The van der Waals surface area contributed by atoms with Crippen molar-refractivity contribution in [3.05, 3.63) is 80.2 Å². The van der Waals surface area contributed by atoms with Gasteiger partial charge in [-0.15, -0.1) is 22.7 Å². The zero-order valence-electron chi connectivity index (χ0n) is 17.8. The lowest BCUT2D eigenvalue weighted by molar-refractivity contribution is -0.958. The third kappa shape index (κ3) is 4.66. The van der Waals surface area contributed by atoms with Gasteiger partial charge in [-0.3, -0.25) is 0 Å². The van der Waals surface area contributed by atoms with Crippen LogP contribution in [0.4, 0.5) is 8.78 Å². The van der Waals surface area contributed by atoms with Crippen molar-refractivity contribution in [1.82, 2.24) is 0 Å². The fraction of sp³-hybridized carbons (Fsp3) is 0.375. The SMILES string of the molecule is O=C(O[C@H]1C[N+]2(Cc3cc(F)cc(F)c3)CCC1CC2)C(O)(c1cccs1)c1cccs1.[Br-]. The summed E-state index contributed by atoms with van der Waals surface area (Å²) in [4.78, 5) is 14.5. The Bertz CT molecular complexity index is 1040. The summed E-state index contributed by atoms with van der Waals surface area (Å²) in [5, 5.41) is 15.2. The Balaban J connectivity index is 0.00000259. The molecule has 5 heterocycles. The van der Waals surface area contributed by atoms with Gasteiger partial charge in [0.05, 0.1) is 22.8 Å². The molecule has 1 aromatic carbocycles. The molecule has 0 amide bonds. The second kappa shape index (κ2) is 9.54. The van der Waals surface area contributed by atoms with Crippen LogP contribution >= 0.6 is 22.7 Å². The highest BCUT2D eigenvalue weighted by atomic mass is 79.9. The number of halogens is 3. The minimum Gasteiger partial charge on any atom is -1.00 e. The van der Waals surface area contributed by atoms with E-state index < -0.39 is 23.2 Å². The molecule has 0 aliphatic carbocycles. The van der Waals surface area contributed by atoms with E-state index >= 15 is 0 Å². The molecule has 33 heavy (non-hydrogen) atoms. The molecule has 3 aromatic rings. The Morgan fingerprint density at radius 2 is 1.64 bits per heavy atom. The summed E-state index contributed by atoms with van der Waals surface area (Å²) in [6.45, 7) is 2.85. The van der Waals surface area contributed by atoms with E-state index in [1.165, 1.54) is 34.8 Å². The minimum atomic E-state index is -1.83. The van der Waals surface area contributed by atoms with Crippen LogP contribution in [0, 0.1) is 17.6 Å². The number of carbonyl (C=O) groups excluding carboxylic acids is 1. The molecule has 0 radical (unpaired) electrons. The molecule has 3 fully saturated rings. The van der Waals surface area contributed by atoms with E-state index in [1.54, 1.807) is 24.3 Å². The van der Waals surface area contributed by atoms with E-state index in [1.807, 2.05) is 10.8 Å². The van der Waals surface area contributed by atoms with E-state index in [0.717, 1.165) is 32.0 Å². The van der Waals surface area contributed by atoms with Gasteiger partial charge in [0.15, 0.2) is 6.10 Å². The average Bonchev–Trinajstić information content (AvgIpc) is 3.48. The first-order valence-electron chi connectivity index (χ1n) is 10.7. The molecule has 176 valence electrons. The summed E-state index contributed by atoms with van der Waals surface area (Å²) in [6, 6.07) is 10.7. The van der Waals surface area contributed by atoms with Crippen LogP contribution in [0.5, 0.6) is 0 Å². The summed E-state index contributed by atoms with van der Waals surface area (Å²) in [5.74, 6) is -1.58. The number of ether oxygens (including phenoxy) is 1. The van der Waals surface area contributed by atoms with Gasteiger partial charge in [-0.25, -0.2) is 13.6 Å². The molecule has 2 bridgehead atoms. The van der Waals surface area contributed by atoms with Gasteiger partial charge >= 0.3 is 5.97 Å². The van der Waals surface area contributed by atoms with Gasteiger partial charge in [0, 0.05) is 30.4 Å². The fourth-order valence-electron chi connectivity index (χ4n) is 5.18. The van der Waals surface area contributed by atoms with Gasteiger partial charge in [0.25, 0.3) is 0 Å². The zero-order chi connectivity index (χ0) is 22.3. The molecule has 2 aromatic heterocycles. The highest BCUT2D eigenvalue weighted by molar-refractivity contribution is 7.12. The first-order chi connectivity index (χ1) is 15.4. The molecular formula is C24H24BrF2NO3S2. The van der Waals surface area contributed by atoms with Crippen molar-refractivity contribution < 1.29 is 44.9 Å². The molecule has 3 aliphatic rings. The Labute approximate surface area is 209 Å². The Morgan fingerprint density at radius 3 is 2.15 bits per heavy atom. The van der Waals surface area contributed by atoms with Crippen molar-refractivity contribution in [2.24, 2.45) is 5.92 Å². The van der Waals surface area contributed by atoms with Crippen LogP contribution in [0.15, 0.2) is 53.2 Å². The van der Waals surface area contributed by atoms with Crippen molar-refractivity contribution in [2.45, 2.75) is 31.1 Å².